The van der Waals surface area contributed by atoms with Gasteiger partial charge in [0.15, 0.2) is 5.84 Å². The number of nitrogens with zero attached hydrogens (tertiary/aromatic N) is 4. The van der Waals surface area contributed by atoms with Crippen LogP contribution in [0.4, 0.5) is 5.82 Å². The van der Waals surface area contributed by atoms with Crippen LogP contribution in [0, 0.1) is 0 Å². The Labute approximate surface area is 186 Å². The molecule has 0 bridgehead atoms. The lowest BCUT2D eigenvalue weighted by Gasteiger charge is -2.23. The highest BCUT2D eigenvalue weighted by molar-refractivity contribution is 6.10. The number of anilines is 1. The Hall–Kier alpha value is -3.68. The number of nitrogens with one attached hydrogen (secondary N) is 3. The van der Waals surface area contributed by atoms with Gasteiger partial charge in [-0.25, -0.2) is 9.97 Å². The van der Waals surface area contributed by atoms with Crippen molar-refractivity contribution in [2.45, 2.75) is 44.6 Å². The summed E-state index contributed by atoms with van der Waals surface area (Å²) in [5, 5.41) is 8.71. The molecule has 164 valence electrons. The summed E-state index contributed by atoms with van der Waals surface area (Å²) < 4.78 is 0. The molecule has 0 spiro atoms. The largest absolute Gasteiger partial charge is 0.382 e. The Bertz CT molecular complexity index is 1260. The SMILES string of the molecule is CN/N=C(\N)c1cnc2c(c1)[nH]c1nc(Cc3ccccc3)nc(NC3CCCCC3)c12. The van der Waals surface area contributed by atoms with Gasteiger partial charge in [-0.1, -0.05) is 49.6 Å². The minimum atomic E-state index is 0.386. The average Bonchev–Trinajstić information content (AvgIpc) is 3.18. The maximum Gasteiger partial charge on any atom is 0.152 e. The summed E-state index contributed by atoms with van der Waals surface area (Å²) in [5.74, 6) is 2.03. The van der Waals surface area contributed by atoms with Crippen molar-refractivity contribution in [3.05, 3.63) is 59.5 Å². The molecule has 5 rings (SSSR count). The highest BCUT2D eigenvalue weighted by Crippen LogP contribution is 2.31. The topological polar surface area (TPSA) is 117 Å². The molecule has 1 fully saturated rings. The second kappa shape index (κ2) is 8.82. The summed E-state index contributed by atoms with van der Waals surface area (Å²) in [4.78, 5) is 17.9. The second-order valence-corrected chi connectivity index (χ2v) is 8.32. The molecular weight excluding hydrogens is 400 g/mol. The highest BCUT2D eigenvalue weighted by Gasteiger charge is 2.20. The van der Waals surface area contributed by atoms with Crippen LogP contribution in [0.15, 0.2) is 47.7 Å². The first-order valence-electron chi connectivity index (χ1n) is 11.2. The van der Waals surface area contributed by atoms with E-state index in [4.69, 9.17) is 20.7 Å². The van der Waals surface area contributed by atoms with Crippen LogP contribution in [0.2, 0.25) is 0 Å². The number of amidine groups is 1. The molecule has 0 saturated heterocycles. The highest BCUT2D eigenvalue weighted by atomic mass is 15.3. The van der Waals surface area contributed by atoms with Crippen molar-refractivity contribution in [1.82, 2.24) is 25.4 Å². The number of hydrogen-bond donors (Lipinski definition) is 4. The number of H-pyrrole nitrogens is 1. The molecule has 3 aromatic heterocycles. The van der Waals surface area contributed by atoms with Crippen molar-refractivity contribution in [2.75, 3.05) is 12.4 Å². The van der Waals surface area contributed by atoms with Gasteiger partial charge in [-0.05, 0) is 24.5 Å². The first kappa shape index (κ1) is 20.2. The maximum absolute atomic E-state index is 6.05. The van der Waals surface area contributed by atoms with Crippen LogP contribution in [0.25, 0.3) is 22.1 Å². The minimum Gasteiger partial charge on any atom is -0.382 e. The van der Waals surface area contributed by atoms with E-state index in [1.807, 2.05) is 24.3 Å². The van der Waals surface area contributed by atoms with Crippen LogP contribution < -0.4 is 16.5 Å². The van der Waals surface area contributed by atoms with E-state index in [2.05, 4.69) is 33.0 Å². The number of aromatic amines is 1. The van der Waals surface area contributed by atoms with E-state index in [0.717, 1.165) is 52.1 Å². The smallest absolute Gasteiger partial charge is 0.152 e. The van der Waals surface area contributed by atoms with Crippen molar-refractivity contribution in [3.8, 4) is 0 Å². The van der Waals surface area contributed by atoms with Crippen molar-refractivity contribution < 1.29 is 0 Å². The molecule has 0 aliphatic heterocycles. The number of nitrogens with two attached hydrogens (primary N) is 1. The molecule has 8 nitrogen and oxygen atoms in total. The number of rotatable bonds is 6. The summed E-state index contributed by atoms with van der Waals surface area (Å²) in [6.07, 6.45) is 8.56. The van der Waals surface area contributed by atoms with Gasteiger partial charge in [0.05, 0.1) is 10.9 Å². The number of benzene rings is 1. The Morgan fingerprint density at radius 2 is 1.97 bits per heavy atom. The maximum atomic E-state index is 6.05. The van der Waals surface area contributed by atoms with Crippen molar-refractivity contribution in [3.63, 3.8) is 0 Å². The van der Waals surface area contributed by atoms with Gasteiger partial charge in [-0.2, -0.15) is 5.10 Å². The summed E-state index contributed by atoms with van der Waals surface area (Å²) in [6, 6.07) is 12.7. The van der Waals surface area contributed by atoms with Crippen LogP contribution in [0.3, 0.4) is 0 Å². The average molecular weight is 429 g/mol. The molecule has 0 amide bonds. The second-order valence-electron chi connectivity index (χ2n) is 8.32. The molecule has 32 heavy (non-hydrogen) atoms. The van der Waals surface area contributed by atoms with Crippen molar-refractivity contribution in [2.24, 2.45) is 10.8 Å². The third kappa shape index (κ3) is 4.08. The van der Waals surface area contributed by atoms with Gasteiger partial charge in [0.25, 0.3) is 0 Å². The Balaban J connectivity index is 1.61. The Kier molecular flexibility index (Phi) is 5.58. The Morgan fingerprint density at radius 3 is 2.75 bits per heavy atom. The molecule has 0 atom stereocenters. The number of pyridine rings is 1. The van der Waals surface area contributed by atoms with E-state index in [9.17, 15) is 0 Å². The third-order valence-corrected chi connectivity index (χ3v) is 6.01. The monoisotopic (exact) mass is 428 g/mol. The van der Waals surface area contributed by atoms with Crippen LogP contribution in [0.1, 0.15) is 49.1 Å². The molecule has 4 aromatic rings. The van der Waals surface area contributed by atoms with Gasteiger partial charge in [0.1, 0.15) is 22.8 Å². The lowest BCUT2D eigenvalue weighted by molar-refractivity contribution is 0.462. The zero-order chi connectivity index (χ0) is 21.9. The Morgan fingerprint density at radius 1 is 1.16 bits per heavy atom. The van der Waals surface area contributed by atoms with E-state index in [1.165, 1.54) is 24.8 Å². The van der Waals surface area contributed by atoms with Crippen LogP contribution in [-0.2, 0) is 6.42 Å². The lowest BCUT2D eigenvalue weighted by Crippen LogP contribution is -2.23. The summed E-state index contributed by atoms with van der Waals surface area (Å²) in [7, 11) is 1.72. The molecule has 1 aliphatic rings. The van der Waals surface area contributed by atoms with Crippen LogP contribution >= 0.6 is 0 Å². The van der Waals surface area contributed by atoms with E-state index >= 15 is 0 Å². The van der Waals surface area contributed by atoms with Crippen LogP contribution in [-0.4, -0.2) is 38.9 Å². The standard InChI is InChI=1S/C24H28N8/c1-26-32-22(25)16-13-18-21(27-14-16)20-23(28-17-10-6-3-7-11-17)30-19(31-24(20)29-18)12-15-8-4-2-5-9-15/h2,4-5,8-9,13-14,17,26H,3,6-7,10-12H2,1H3,(H2,25,32)(H2,28,29,30,31). The predicted octanol–water partition coefficient (Wildman–Crippen LogP) is 3.68. The zero-order valence-electron chi connectivity index (χ0n) is 18.2. The van der Waals surface area contributed by atoms with E-state index in [-0.39, 0.29) is 0 Å². The summed E-state index contributed by atoms with van der Waals surface area (Å²) in [5.41, 5.74) is 13.2. The van der Waals surface area contributed by atoms with Gasteiger partial charge >= 0.3 is 0 Å². The van der Waals surface area contributed by atoms with Crippen molar-refractivity contribution >= 4 is 33.7 Å². The molecule has 3 heterocycles. The molecule has 1 saturated carbocycles. The fourth-order valence-electron chi connectivity index (χ4n) is 4.44. The fourth-order valence-corrected chi connectivity index (χ4v) is 4.44. The van der Waals surface area contributed by atoms with E-state index in [1.54, 1.807) is 13.2 Å². The summed E-state index contributed by atoms with van der Waals surface area (Å²) in [6.45, 7) is 0. The zero-order valence-corrected chi connectivity index (χ0v) is 18.2. The number of fused-ring (bicyclic) bond motifs is 3. The molecule has 5 N–H and O–H groups in total. The van der Waals surface area contributed by atoms with E-state index < -0.39 is 0 Å². The number of aromatic nitrogens is 4. The minimum absolute atomic E-state index is 0.386. The van der Waals surface area contributed by atoms with Gasteiger partial charge in [-0.15, -0.1) is 0 Å². The number of hydrogen-bond acceptors (Lipinski definition) is 6. The first-order chi connectivity index (χ1) is 15.7. The number of hydrazone groups is 1. The molecule has 1 aliphatic carbocycles. The van der Waals surface area contributed by atoms with Gasteiger partial charge in [0.2, 0.25) is 0 Å². The lowest BCUT2D eigenvalue weighted by atomic mass is 9.95. The van der Waals surface area contributed by atoms with Gasteiger partial charge < -0.3 is 21.5 Å². The molecular formula is C24H28N8. The first-order valence-corrected chi connectivity index (χ1v) is 11.2. The van der Waals surface area contributed by atoms with E-state index in [0.29, 0.717) is 18.3 Å². The fraction of sp³-hybridized carbons (Fsp3) is 0.333. The molecule has 1 aromatic carbocycles. The molecule has 0 radical (unpaired) electrons. The molecule has 0 unspecified atom stereocenters. The van der Waals surface area contributed by atoms with Gasteiger partial charge in [0, 0.05) is 31.3 Å². The van der Waals surface area contributed by atoms with Gasteiger partial charge in [-0.3, -0.25) is 4.98 Å². The third-order valence-electron chi connectivity index (χ3n) is 6.01. The van der Waals surface area contributed by atoms with Crippen molar-refractivity contribution in [1.29, 1.82) is 0 Å². The van der Waals surface area contributed by atoms with Crippen LogP contribution in [0.5, 0.6) is 0 Å². The quantitative estimate of drug-likeness (QED) is 0.211. The predicted molar refractivity (Wildman–Crippen MR) is 129 cm³/mol. The normalized spacial score (nSPS) is 15.3. The molecule has 8 heteroatoms. The summed E-state index contributed by atoms with van der Waals surface area (Å²) >= 11 is 0.